The van der Waals surface area contributed by atoms with Gasteiger partial charge < -0.3 is 0 Å². The number of benzene rings is 1. The molecule has 0 N–H and O–H groups in total. The van der Waals surface area contributed by atoms with Crippen LogP contribution < -0.4 is 11.2 Å². The largest absolute Gasteiger partial charge is 0.371 e. The van der Waals surface area contributed by atoms with Crippen LogP contribution in [0.1, 0.15) is 5.56 Å². The van der Waals surface area contributed by atoms with E-state index >= 15 is 0 Å². The summed E-state index contributed by atoms with van der Waals surface area (Å²) < 4.78 is 30.1. The van der Waals surface area contributed by atoms with Crippen molar-refractivity contribution in [2.45, 2.75) is 6.92 Å². The number of halogens is 3. The fourth-order valence-electron chi connectivity index (χ4n) is 2.01. The molecule has 0 unspecified atom stereocenters. The molecule has 0 spiro atoms. The Labute approximate surface area is 129 Å². The number of hydrogen-bond donors (Lipinski definition) is 0. The average molecular weight is 369 g/mol. The zero-order valence-corrected chi connectivity index (χ0v) is 12.6. The smallest absolute Gasteiger partial charge is 0.269 e. The van der Waals surface area contributed by atoms with E-state index in [1.54, 1.807) is 6.92 Å². The molecule has 0 fully saturated rings. The Hall–Kier alpha value is -2.42. The SMILES string of the molecule is Cc1cc(-n2c(=O)cc(F)n3cnc(=O)nc23)c(F)cc1Br. The zero-order chi connectivity index (χ0) is 16.0. The van der Waals surface area contributed by atoms with Crippen molar-refractivity contribution >= 4 is 21.7 Å². The molecule has 6 nitrogen and oxygen atoms in total. The summed E-state index contributed by atoms with van der Waals surface area (Å²) in [4.78, 5) is 30.2. The first-order chi connectivity index (χ1) is 10.4. The third-order valence-corrected chi connectivity index (χ3v) is 3.91. The third kappa shape index (κ3) is 2.23. The third-order valence-electron chi connectivity index (χ3n) is 3.06. The number of fused-ring (bicyclic) bond motifs is 1. The Bertz CT molecular complexity index is 1030. The summed E-state index contributed by atoms with van der Waals surface area (Å²) in [6.07, 6.45) is 0.888. The number of rotatable bonds is 1. The summed E-state index contributed by atoms with van der Waals surface area (Å²) in [7, 11) is 0. The molecule has 0 aliphatic rings. The fraction of sp³-hybridized carbons (Fsp3) is 0.0769. The van der Waals surface area contributed by atoms with E-state index in [9.17, 15) is 18.4 Å². The molecule has 0 bridgehead atoms. The normalized spacial score (nSPS) is 11.1. The van der Waals surface area contributed by atoms with E-state index in [0.717, 1.165) is 15.3 Å². The van der Waals surface area contributed by atoms with E-state index in [1.807, 2.05) is 0 Å². The minimum atomic E-state index is -0.953. The Morgan fingerprint density at radius 3 is 2.64 bits per heavy atom. The highest BCUT2D eigenvalue weighted by Gasteiger charge is 2.16. The lowest BCUT2D eigenvalue weighted by atomic mass is 10.2. The highest BCUT2D eigenvalue weighted by atomic mass is 79.9. The highest BCUT2D eigenvalue weighted by Crippen LogP contribution is 2.23. The molecule has 0 radical (unpaired) electrons. The lowest BCUT2D eigenvalue weighted by Crippen LogP contribution is -2.27. The molecule has 2 aromatic heterocycles. The van der Waals surface area contributed by atoms with Gasteiger partial charge in [-0.25, -0.2) is 18.2 Å². The van der Waals surface area contributed by atoms with Crippen LogP contribution in [-0.4, -0.2) is 18.9 Å². The van der Waals surface area contributed by atoms with Gasteiger partial charge in [0.2, 0.25) is 11.7 Å². The highest BCUT2D eigenvalue weighted by molar-refractivity contribution is 9.10. The van der Waals surface area contributed by atoms with Crippen molar-refractivity contribution in [1.29, 1.82) is 0 Å². The molecule has 3 rings (SSSR count). The van der Waals surface area contributed by atoms with E-state index < -0.39 is 23.0 Å². The van der Waals surface area contributed by atoms with E-state index in [1.165, 1.54) is 12.1 Å². The fourth-order valence-corrected chi connectivity index (χ4v) is 2.33. The van der Waals surface area contributed by atoms with E-state index in [0.29, 0.717) is 16.1 Å². The number of hydrogen-bond acceptors (Lipinski definition) is 4. The predicted molar refractivity (Wildman–Crippen MR) is 77.2 cm³/mol. The first-order valence-electron chi connectivity index (χ1n) is 6.01. The number of nitrogens with zero attached hydrogens (tertiary/aromatic N) is 4. The second-order valence-electron chi connectivity index (χ2n) is 4.50. The molecule has 112 valence electrons. The second-order valence-corrected chi connectivity index (χ2v) is 5.36. The van der Waals surface area contributed by atoms with Crippen molar-refractivity contribution in [3.63, 3.8) is 0 Å². The molecule has 0 aliphatic carbocycles. The van der Waals surface area contributed by atoms with Crippen LogP contribution in [0.2, 0.25) is 0 Å². The van der Waals surface area contributed by atoms with E-state index in [-0.39, 0.29) is 11.5 Å². The van der Waals surface area contributed by atoms with Crippen LogP contribution in [0, 0.1) is 18.7 Å². The van der Waals surface area contributed by atoms with Gasteiger partial charge in [-0.2, -0.15) is 14.4 Å². The average Bonchev–Trinajstić information content (AvgIpc) is 2.43. The van der Waals surface area contributed by atoms with E-state index in [4.69, 9.17) is 0 Å². The summed E-state index contributed by atoms with van der Waals surface area (Å²) >= 11 is 3.18. The maximum Gasteiger partial charge on any atom is 0.371 e. The molecule has 22 heavy (non-hydrogen) atoms. The maximum absolute atomic E-state index is 14.2. The van der Waals surface area contributed by atoms with Gasteiger partial charge in [-0.1, -0.05) is 15.9 Å². The monoisotopic (exact) mass is 368 g/mol. The van der Waals surface area contributed by atoms with Gasteiger partial charge in [-0.15, -0.1) is 0 Å². The maximum atomic E-state index is 14.2. The van der Waals surface area contributed by atoms with Crippen molar-refractivity contribution in [3.05, 3.63) is 67.2 Å². The summed E-state index contributed by atoms with van der Waals surface area (Å²) in [5.74, 6) is -2.03. The molecular weight excluding hydrogens is 362 g/mol. The molecule has 0 amide bonds. The summed E-state index contributed by atoms with van der Waals surface area (Å²) in [5.41, 5.74) is -1.24. The first-order valence-corrected chi connectivity index (χ1v) is 6.81. The Morgan fingerprint density at radius 1 is 1.18 bits per heavy atom. The van der Waals surface area contributed by atoms with Gasteiger partial charge in [0, 0.05) is 4.47 Å². The van der Waals surface area contributed by atoms with Gasteiger partial charge in [-0.05, 0) is 24.6 Å². The minimum Gasteiger partial charge on any atom is -0.269 e. The van der Waals surface area contributed by atoms with Gasteiger partial charge in [0.05, 0.1) is 11.8 Å². The van der Waals surface area contributed by atoms with Gasteiger partial charge in [0.15, 0.2) is 0 Å². The molecule has 0 saturated carbocycles. The van der Waals surface area contributed by atoms with Gasteiger partial charge in [0.25, 0.3) is 5.56 Å². The van der Waals surface area contributed by atoms with Crippen molar-refractivity contribution in [2.24, 2.45) is 0 Å². The Balaban J connectivity index is 2.51. The molecule has 2 heterocycles. The number of aryl methyl sites for hydroxylation is 1. The van der Waals surface area contributed by atoms with Crippen LogP contribution in [0.3, 0.4) is 0 Å². The van der Waals surface area contributed by atoms with Crippen molar-refractivity contribution in [3.8, 4) is 5.69 Å². The topological polar surface area (TPSA) is 69.3 Å². The van der Waals surface area contributed by atoms with Crippen LogP contribution in [0.15, 0.2) is 38.6 Å². The quantitative estimate of drug-likeness (QED) is 0.611. The standard InChI is InChI=1S/C13H7BrF2N4O2/c1-6-2-9(8(15)3-7(6)14)20-11(21)4-10(16)19-5-17-12(22)18-13(19)20/h2-5H,1H3. The lowest BCUT2D eigenvalue weighted by Gasteiger charge is -2.12. The van der Waals surface area contributed by atoms with Crippen LogP contribution in [-0.2, 0) is 0 Å². The van der Waals surface area contributed by atoms with Crippen molar-refractivity contribution < 1.29 is 8.78 Å². The predicted octanol–water partition coefficient (Wildman–Crippen LogP) is 1.59. The lowest BCUT2D eigenvalue weighted by molar-refractivity contribution is 0.545. The summed E-state index contributed by atoms with van der Waals surface area (Å²) in [6, 6.07) is 3.24. The van der Waals surface area contributed by atoms with Gasteiger partial charge in [0.1, 0.15) is 12.1 Å². The first kappa shape index (κ1) is 14.5. The molecule has 0 saturated heterocycles. The zero-order valence-electron chi connectivity index (χ0n) is 11.0. The molecule has 3 aromatic rings. The number of aromatic nitrogens is 4. The van der Waals surface area contributed by atoms with Crippen LogP contribution in [0.25, 0.3) is 11.5 Å². The molecule has 0 aliphatic heterocycles. The van der Waals surface area contributed by atoms with Gasteiger partial charge >= 0.3 is 5.69 Å². The Kier molecular flexibility index (Phi) is 3.36. The van der Waals surface area contributed by atoms with Crippen LogP contribution >= 0.6 is 15.9 Å². The van der Waals surface area contributed by atoms with Crippen molar-refractivity contribution in [1.82, 2.24) is 18.9 Å². The van der Waals surface area contributed by atoms with Crippen LogP contribution in [0.4, 0.5) is 8.78 Å². The summed E-state index contributed by atoms with van der Waals surface area (Å²) in [5, 5.41) is 0. The second kappa shape index (κ2) is 5.09. The van der Waals surface area contributed by atoms with Gasteiger partial charge in [-0.3, -0.25) is 4.79 Å². The molecule has 1 aromatic carbocycles. The Morgan fingerprint density at radius 2 is 1.91 bits per heavy atom. The van der Waals surface area contributed by atoms with Crippen LogP contribution in [0.5, 0.6) is 0 Å². The molecule has 9 heteroatoms. The van der Waals surface area contributed by atoms with Crippen molar-refractivity contribution in [2.75, 3.05) is 0 Å². The molecule has 0 atom stereocenters. The summed E-state index contributed by atoms with van der Waals surface area (Å²) in [6.45, 7) is 1.70. The molecular formula is C13H7BrF2N4O2. The minimum absolute atomic E-state index is 0.138. The van der Waals surface area contributed by atoms with E-state index in [2.05, 4.69) is 25.9 Å².